The van der Waals surface area contributed by atoms with Crippen molar-refractivity contribution in [2.45, 2.75) is 30.2 Å². The molecule has 3 aromatic rings. The number of nitrogens with zero attached hydrogens (tertiary/aromatic N) is 1. The van der Waals surface area contributed by atoms with E-state index in [1.807, 2.05) is 12.1 Å². The van der Waals surface area contributed by atoms with Crippen molar-refractivity contribution in [1.82, 2.24) is 10.2 Å². The Kier molecular flexibility index (Phi) is 7.10. The Morgan fingerprint density at radius 3 is 2.42 bits per heavy atom. The molecule has 7 nitrogen and oxygen atoms in total. The average Bonchev–Trinajstić information content (AvgIpc) is 3.35. The molecule has 33 heavy (non-hydrogen) atoms. The van der Waals surface area contributed by atoms with Gasteiger partial charge in [0.2, 0.25) is 0 Å². The highest BCUT2D eigenvalue weighted by Gasteiger charge is 2.26. The molecule has 1 saturated heterocycles. The molecule has 2 N–H and O–H groups in total. The summed E-state index contributed by atoms with van der Waals surface area (Å²) in [5.41, 5.74) is 0.340. The highest BCUT2D eigenvalue weighted by Crippen LogP contribution is 2.25. The van der Waals surface area contributed by atoms with Gasteiger partial charge in [0.15, 0.2) is 0 Å². The van der Waals surface area contributed by atoms with Crippen LogP contribution in [-0.4, -0.2) is 38.9 Å². The van der Waals surface area contributed by atoms with Crippen LogP contribution in [0.2, 0.25) is 0 Å². The van der Waals surface area contributed by atoms with Gasteiger partial charge in [-0.1, -0.05) is 18.6 Å². The van der Waals surface area contributed by atoms with Gasteiger partial charge in [-0.05, 0) is 74.5 Å². The molecule has 0 spiro atoms. The van der Waals surface area contributed by atoms with Crippen molar-refractivity contribution in [2.75, 3.05) is 24.4 Å². The molecule has 4 rings (SSSR count). The molecule has 1 aliphatic heterocycles. The second-order valence-corrected chi connectivity index (χ2v) is 9.63. The molecule has 1 fully saturated rings. The van der Waals surface area contributed by atoms with Gasteiger partial charge in [-0.3, -0.25) is 14.4 Å². The van der Waals surface area contributed by atoms with Crippen LogP contribution in [0.3, 0.4) is 0 Å². The summed E-state index contributed by atoms with van der Waals surface area (Å²) in [5.74, 6) is -0.156. The highest BCUT2D eigenvalue weighted by molar-refractivity contribution is 7.92. The second kappa shape index (κ2) is 10.2. The highest BCUT2D eigenvalue weighted by atomic mass is 32.2. The smallest absolute Gasteiger partial charge is 0.261 e. The van der Waals surface area contributed by atoms with Crippen LogP contribution in [0, 0.1) is 5.82 Å². The van der Waals surface area contributed by atoms with Crippen LogP contribution in [0.1, 0.15) is 41.4 Å². The molecule has 1 atom stereocenters. The van der Waals surface area contributed by atoms with E-state index in [0.717, 1.165) is 43.8 Å². The van der Waals surface area contributed by atoms with Gasteiger partial charge in [0, 0.05) is 6.54 Å². The first-order valence-corrected chi connectivity index (χ1v) is 12.4. The van der Waals surface area contributed by atoms with Crippen molar-refractivity contribution >= 4 is 21.6 Å². The lowest BCUT2D eigenvalue weighted by Gasteiger charge is -2.33. The van der Waals surface area contributed by atoms with Crippen LogP contribution in [-0.2, 0) is 10.0 Å². The van der Waals surface area contributed by atoms with Crippen LogP contribution in [0.4, 0.5) is 10.1 Å². The summed E-state index contributed by atoms with van der Waals surface area (Å²) in [6.45, 7) is 2.18. The molecule has 1 unspecified atom stereocenters. The Balaban J connectivity index is 1.50. The topological polar surface area (TPSA) is 91.7 Å². The number of carbonyl (C=O) groups excluding carboxylic acids is 1. The maximum absolute atomic E-state index is 13.2. The van der Waals surface area contributed by atoms with E-state index in [1.165, 1.54) is 24.6 Å². The third-order valence-corrected chi connectivity index (χ3v) is 7.08. The molecule has 174 valence electrons. The fourth-order valence-corrected chi connectivity index (χ4v) is 5.07. The quantitative estimate of drug-likeness (QED) is 0.514. The zero-order valence-electron chi connectivity index (χ0n) is 18.0. The van der Waals surface area contributed by atoms with Gasteiger partial charge in [0.05, 0.1) is 28.5 Å². The lowest BCUT2D eigenvalue weighted by molar-refractivity contribution is 0.0915. The molecular weight excluding hydrogens is 445 g/mol. The number of hydrogen-bond donors (Lipinski definition) is 2. The molecule has 2 heterocycles. The minimum atomic E-state index is -3.99. The second-order valence-electron chi connectivity index (χ2n) is 7.94. The van der Waals surface area contributed by atoms with Gasteiger partial charge >= 0.3 is 0 Å². The zero-order valence-corrected chi connectivity index (χ0v) is 18.9. The molecule has 9 heteroatoms. The van der Waals surface area contributed by atoms with Gasteiger partial charge in [-0.2, -0.15) is 0 Å². The average molecular weight is 472 g/mol. The summed E-state index contributed by atoms with van der Waals surface area (Å²) < 4.78 is 46.7. The molecule has 1 aromatic heterocycles. The van der Waals surface area contributed by atoms with Crippen molar-refractivity contribution in [2.24, 2.45) is 0 Å². The standard InChI is InChI=1S/C24H26FN3O4S/c25-18-10-12-19(13-11-18)33(30,31)27-21-8-3-2-7-20(21)24(29)26-17-22(23-9-6-16-32-23)28-14-4-1-5-15-28/h2-3,6-13,16,22,27H,1,4-5,14-15,17H2,(H,26,29). The van der Waals surface area contributed by atoms with E-state index in [4.69, 9.17) is 4.42 Å². The number of rotatable bonds is 8. The zero-order chi connectivity index (χ0) is 23.3. The fourth-order valence-electron chi connectivity index (χ4n) is 3.99. The molecule has 1 aliphatic rings. The summed E-state index contributed by atoms with van der Waals surface area (Å²) in [4.78, 5) is 15.2. The predicted molar refractivity (Wildman–Crippen MR) is 123 cm³/mol. The third-order valence-electron chi connectivity index (χ3n) is 5.70. The molecule has 0 aliphatic carbocycles. The molecule has 0 bridgehead atoms. The summed E-state index contributed by atoms with van der Waals surface area (Å²) in [6.07, 6.45) is 5.00. The number of benzene rings is 2. The van der Waals surface area contributed by atoms with Crippen LogP contribution < -0.4 is 10.0 Å². The summed E-state index contributed by atoms with van der Waals surface area (Å²) in [5, 5.41) is 2.93. The maximum atomic E-state index is 13.2. The SMILES string of the molecule is O=C(NCC(c1ccco1)N1CCCCC1)c1ccccc1NS(=O)(=O)c1ccc(F)cc1. The van der Waals surface area contributed by atoms with E-state index in [9.17, 15) is 17.6 Å². The van der Waals surface area contributed by atoms with Crippen molar-refractivity contribution in [3.05, 3.63) is 84.1 Å². The maximum Gasteiger partial charge on any atom is 0.261 e. The van der Waals surface area contributed by atoms with Gasteiger partial charge in [-0.15, -0.1) is 0 Å². The predicted octanol–water partition coefficient (Wildman–Crippen LogP) is 4.18. The number of nitrogens with one attached hydrogen (secondary N) is 2. The summed E-state index contributed by atoms with van der Waals surface area (Å²) >= 11 is 0. The van der Waals surface area contributed by atoms with E-state index in [0.29, 0.717) is 6.54 Å². The number of halogens is 1. The Labute approximate surface area is 192 Å². The van der Waals surface area contributed by atoms with E-state index in [1.54, 1.807) is 24.5 Å². The van der Waals surface area contributed by atoms with Crippen molar-refractivity contribution < 1.29 is 22.0 Å². The number of hydrogen-bond acceptors (Lipinski definition) is 5. The number of piperidine rings is 1. The Hall–Kier alpha value is -3.17. The number of para-hydroxylation sites is 1. The number of sulfonamides is 1. The van der Waals surface area contributed by atoms with Crippen molar-refractivity contribution in [1.29, 1.82) is 0 Å². The van der Waals surface area contributed by atoms with Crippen LogP contribution in [0.5, 0.6) is 0 Å². The first-order chi connectivity index (χ1) is 15.9. The lowest BCUT2D eigenvalue weighted by Crippen LogP contribution is -2.40. The van der Waals surface area contributed by atoms with Crippen molar-refractivity contribution in [3.63, 3.8) is 0 Å². The van der Waals surface area contributed by atoms with Crippen LogP contribution in [0.15, 0.2) is 76.2 Å². The number of amides is 1. The Morgan fingerprint density at radius 2 is 1.73 bits per heavy atom. The van der Waals surface area contributed by atoms with Crippen molar-refractivity contribution in [3.8, 4) is 0 Å². The van der Waals surface area contributed by atoms with Gasteiger partial charge in [0.25, 0.3) is 15.9 Å². The van der Waals surface area contributed by atoms with Gasteiger partial charge < -0.3 is 9.73 Å². The molecule has 1 amide bonds. The monoisotopic (exact) mass is 471 g/mol. The molecular formula is C24H26FN3O4S. The minimum Gasteiger partial charge on any atom is -0.468 e. The Morgan fingerprint density at radius 1 is 1.00 bits per heavy atom. The van der Waals surface area contributed by atoms with E-state index >= 15 is 0 Å². The van der Waals surface area contributed by atoms with E-state index in [2.05, 4.69) is 14.9 Å². The number of carbonyl (C=O) groups is 1. The number of anilines is 1. The molecule has 2 aromatic carbocycles. The van der Waals surface area contributed by atoms with Gasteiger partial charge in [0.1, 0.15) is 11.6 Å². The van der Waals surface area contributed by atoms with Crippen LogP contribution in [0.25, 0.3) is 0 Å². The normalized spacial score (nSPS) is 15.7. The van der Waals surface area contributed by atoms with Crippen LogP contribution >= 0.6 is 0 Å². The fraction of sp³-hybridized carbons (Fsp3) is 0.292. The minimum absolute atomic E-state index is 0.0953. The number of furan rings is 1. The number of likely N-dealkylation sites (tertiary alicyclic amines) is 1. The largest absolute Gasteiger partial charge is 0.468 e. The van der Waals surface area contributed by atoms with E-state index in [-0.39, 0.29) is 22.2 Å². The van der Waals surface area contributed by atoms with E-state index < -0.39 is 21.7 Å². The molecule has 0 saturated carbocycles. The lowest BCUT2D eigenvalue weighted by atomic mass is 10.1. The first kappa shape index (κ1) is 23.0. The first-order valence-electron chi connectivity index (χ1n) is 10.9. The summed E-state index contributed by atoms with van der Waals surface area (Å²) in [7, 11) is -3.99. The third kappa shape index (κ3) is 5.61. The summed E-state index contributed by atoms with van der Waals surface area (Å²) in [6, 6.07) is 14.5. The molecule has 0 radical (unpaired) electrons. The Bertz CT molecular complexity index is 1170. The van der Waals surface area contributed by atoms with Gasteiger partial charge in [-0.25, -0.2) is 12.8 Å².